The van der Waals surface area contributed by atoms with E-state index in [1.54, 1.807) is 6.92 Å². The summed E-state index contributed by atoms with van der Waals surface area (Å²) in [5.74, 6) is -1.37. The van der Waals surface area contributed by atoms with Crippen LogP contribution in [0.4, 0.5) is 13.2 Å². The number of likely N-dealkylation sites (N-methyl/N-ethyl adjacent to an activating group) is 1. The molecule has 0 aliphatic carbocycles. The number of nitrogens with zero attached hydrogens (tertiary/aromatic N) is 3. The number of halogens is 3. The van der Waals surface area contributed by atoms with Crippen molar-refractivity contribution in [3.63, 3.8) is 0 Å². The van der Waals surface area contributed by atoms with Crippen molar-refractivity contribution in [2.75, 3.05) is 13.1 Å². The lowest BCUT2D eigenvalue weighted by Crippen LogP contribution is -2.48. The molecule has 0 aliphatic rings. The number of rotatable bonds is 7. The molecule has 142 valence electrons. The van der Waals surface area contributed by atoms with Gasteiger partial charge in [-0.1, -0.05) is 30.3 Å². The molecule has 2 aromatic rings. The minimum absolute atomic E-state index is 0.250. The van der Waals surface area contributed by atoms with Crippen LogP contribution in [0.1, 0.15) is 24.7 Å². The van der Waals surface area contributed by atoms with Crippen LogP contribution in [0.2, 0.25) is 0 Å². The van der Waals surface area contributed by atoms with Crippen LogP contribution in [-0.2, 0) is 23.9 Å². The average Bonchev–Trinajstić information content (AvgIpc) is 3.02. The first kappa shape index (κ1) is 20.0. The summed E-state index contributed by atoms with van der Waals surface area (Å²) in [5.41, 5.74) is -2.35. The summed E-state index contributed by atoms with van der Waals surface area (Å²) in [7, 11) is 1.34. The van der Waals surface area contributed by atoms with Crippen LogP contribution >= 0.6 is 0 Å². The average molecular weight is 369 g/mol. The Bertz CT molecular complexity index is 731. The Balaban J connectivity index is 2.16. The lowest BCUT2D eigenvalue weighted by molar-refractivity contribution is -0.272. The molecule has 1 heterocycles. The highest BCUT2D eigenvalue weighted by Gasteiger charge is 2.58. The Morgan fingerprint density at radius 1 is 1.27 bits per heavy atom. The molecular formula is C18H22F3N3O2. The van der Waals surface area contributed by atoms with E-state index in [2.05, 4.69) is 4.98 Å². The van der Waals surface area contributed by atoms with E-state index in [4.69, 9.17) is 0 Å². The van der Waals surface area contributed by atoms with Crippen molar-refractivity contribution in [2.45, 2.75) is 31.5 Å². The van der Waals surface area contributed by atoms with Gasteiger partial charge in [-0.3, -0.25) is 4.79 Å². The quantitative estimate of drug-likeness (QED) is 0.816. The summed E-state index contributed by atoms with van der Waals surface area (Å²) < 4.78 is 41.7. The van der Waals surface area contributed by atoms with E-state index in [9.17, 15) is 23.1 Å². The fourth-order valence-corrected chi connectivity index (χ4v) is 2.77. The van der Waals surface area contributed by atoms with Gasteiger partial charge in [0.25, 0.3) is 0 Å². The molecule has 0 saturated carbocycles. The largest absolute Gasteiger partial charge is 0.425 e. The maximum absolute atomic E-state index is 13.6. The van der Waals surface area contributed by atoms with Crippen molar-refractivity contribution in [1.82, 2.24) is 14.5 Å². The second kappa shape index (κ2) is 7.90. The number of carbonyl (C=O) groups excluding carboxylic acids is 1. The number of aromatic nitrogens is 2. The number of aryl methyl sites for hydroxylation is 1. The summed E-state index contributed by atoms with van der Waals surface area (Å²) in [6, 6.07) is 9.35. The van der Waals surface area contributed by atoms with Crippen LogP contribution in [0.5, 0.6) is 0 Å². The molecule has 0 spiro atoms. The molecule has 0 aliphatic heterocycles. The van der Waals surface area contributed by atoms with E-state index < -0.39 is 29.9 Å². The minimum atomic E-state index is -5.03. The smallest absolute Gasteiger partial charge is 0.374 e. The zero-order chi connectivity index (χ0) is 19.4. The van der Waals surface area contributed by atoms with E-state index in [1.165, 1.54) is 18.1 Å². The molecule has 5 nitrogen and oxygen atoms in total. The van der Waals surface area contributed by atoms with Gasteiger partial charge in [0.2, 0.25) is 11.5 Å². The predicted molar refractivity (Wildman–Crippen MR) is 90.2 cm³/mol. The van der Waals surface area contributed by atoms with Gasteiger partial charge < -0.3 is 14.6 Å². The number of imidazole rings is 1. The molecule has 0 bridgehead atoms. The molecule has 2 rings (SSSR count). The number of benzene rings is 1. The monoisotopic (exact) mass is 369 g/mol. The second-order valence-corrected chi connectivity index (χ2v) is 6.11. The number of carbonyl (C=O) groups is 1. The zero-order valence-electron chi connectivity index (χ0n) is 14.7. The van der Waals surface area contributed by atoms with Gasteiger partial charge in [0.15, 0.2) is 5.82 Å². The Morgan fingerprint density at radius 2 is 1.92 bits per heavy atom. The Kier molecular flexibility index (Phi) is 6.07. The zero-order valence-corrected chi connectivity index (χ0v) is 14.7. The number of aliphatic hydroxyl groups is 1. The Labute approximate surface area is 150 Å². The van der Waals surface area contributed by atoms with E-state index in [-0.39, 0.29) is 13.1 Å². The molecule has 1 atom stereocenters. The topological polar surface area (TPSA) is 58.4 Å². The molecule has 1 aromatic carbocycles. The van der Waals surface area contributed by atoms with Crippen LogP contribution in [0.25, 0.3) is 0 Å². The maximum atomic E-state index is 13.6. The molecule has 26 heavy (non-hydrogen) atoms. The Hall–Kier alpha value is -2.35. The molecule has 1 unspecified atom stereocenters. The van der Waals surface area contributed by atoms with Crippen molar-refractivity contribution in [3.8, 4) is 0 Å². The number of hydrogen-bond acceptors (Lipinski definition) is 3. The summed E-state index contributed by atoms with van der Waals surface area (Å²) in [6.45, 7) is 2.21. The number of hydrogen-bond donors (Lipinski definition) is 1. The highest BCUT2D eigenvalue weighted by molar-refractivity contribution is 5.77. The predicted octanol–water partition coefficient (Wildman–Crippen LogP) is 2.65. The molecule has 1 amide bonds. The maximum Gasteiger partial charge on any atom is 0.425 e. The van der Waals surface area contributed by atoms with Crippen LogP contribution < -0.4 is 0 Å². The summed E-state index contributed by atoms with van der Waals surface area (Å²) in [5, 5.41) is 10.3. The van der Waals surface area contributed by atoms with Gasteiger partial charge in [-0.25, -0.2) is 4.98 Å². The van der Waals surface area contributed by atoms with Gasteiger partial charge in [-0.05, 0) is 18.9 Å². The normalized spacial score (nSPS) is 14.1. The third-order valence-corrected chi connectivity index (χ3v) is 4.31. The molecule has 1 aromatic heterocycles. The minimum Gasteiger partial charge on any atom is -0.374 e. The molecule has 0 fully saturated rings. The van der Waals surface area contributed by atoms with E-state index in [0.29, 0.717) is 6.42 Å². The lowest BCUT2D eigenvalue weighted by Gasteiger charge is -2.31. The SMILES string of the molecule is CCN(CCc1ccccc1)C(=O)CC(O)(c1nccn1C)C(F)(F)F. The van der Waals surface area contributed by atoms with E-state index in [0.717, 1.165) is 16.3 Å². The van der Waals surface area contributed by atoms with Gasteiger partial charge in [-0.15, -0.1) is 0 Å². The van der Waals surface area contributed by atoms with Crippen LogP contribution in [-0.4, -0.2) is 44.7 Å². The highest BCUT2D eigenvalue weighted by Crippen LogP contribution is 2.41. The van der Waals surface area contributed by atoms with Crippen molar-refractivity contribution in [2.24, 2.45) is 7.05 Å². The fourth-order valence-electron chi connectivity index (χ4n) is 2.77. The third-order valence-electron chi connectivity index (χ3n) is 4.31. The van der Waals surface area contributed by atoms with Gasteiger partial charge >= 0.3 is 6.18 Å². The number of amides is 1. The van der Waals surface area contributed by atoms with Crippen LogP contribution in [0.15, 0.2) is 42.7 Å². The van der Waals surface area contributed by atoms with E-state index in [1.807, 2.05) is 30.3 Å². The fraction of sp³-hybridized carbons (Fsp3) is 0.444. The molecule has 1 N–H and O–H groups in total. The van der Waals surface area contributed by atoms with Crippen LogP contribution in [0.3, 0.4) is 0 Å². The molecule has 0 radical (unpaired) electrons. The lowest BCUT2D eigenvalue weighted by atomic mass is 9.96. The molecular weight excluding hydrogens is 347 g/mol. The van der Waals surface area contributed by atoms with Gasteiger partial charge in [-0.2, -0.15) is 13.2 Å². The van der Waals surface area contributed by atoms with Gasteiger partial charge in [0, 0.05) is 32.5 Å². The standard InChI is InChI=1S/C18H22F3N3O2/c1-3-24(11-9-14-7-5-4-6-8-14)15(25)13-17(26,18(19,20)21)16-22-10-12-23(16)2/h4-8,10,12,26H,3,9,11,13H2,1-2H3. The van der Waals surface area contributed by atoms with Crippen LogP contribution in [0, 0.1) is 0 Å². The highest BCUT2D eigenvalue weighted by atomic mass is 19.4. The van der Waals surface area contributed by atoms with E-state index >= 15 is 0 Å². The van der Waals surface area contributed by atoms with Crippen molar-refractivity contribution < 1.29 is 23.1 Å². The van der Waals surface area contributed by atoms with Crippen molar-refractivity contribution in [1.29, 1.82) is 0 Å². The van der Waals surface area contributed by atoms with Crippen molar-refractivity contribution in [3.05, 3.63) is 54.1 Å². The first-order valence-electron chi connectivity index (χ1n) is 8.27. The first-order chi connectivity index (χ1) is 12.2. The van der Waals surface area contributed by atoms with Gasteiger partial charge in [0.1, 0.15) is 0 Å². The summed E-state index contributed by atoms with van der Waals surface area (Å²) in [4.78, 5) is 17.4. The van der Waals surface area contributed by atoms with Gasteiger partial charge in [0.05, 0.1) is 6.42 Å². The number of alkyl halides is 3. The second-order valence-electron chi connectivity index (χ2n) is 6.11. The summed E-state index contributed by atoms with van der Waals surface area (Å²) in [6.07, 6.45) is -3.16. The third kappa shape index (κ3) is 4.24. The summed E-state index contributed by atoms with van der Waals surface area (Å²) >= 11 is 0. The first-order valence-corrected chi connectivity index (χ1v) is 8.27. The van der Waals surface area contributed by atoms with Crippen molar-refractivity contribution >= 4 is 5.91 Å². The molecule has 0 saturated heterocycles. The Morgan fingerprint density at radius 3 is 2.42 bits per heavy atom. The molecule has 8 heteroatoms.